The first-order valence-electron chi connectivity index (χ1n) is 6.86. The largest absolute Gasteiger partial charge is 0.491 e. The van der Waals surface area contributed by atoms with Crippen molar-refractivity contribution in [2.75, 3.05) is 38.4 Å². The van der Waals surface area contributed by atoms with Gasteiger partial charge in [-0.1, -0.05) is 18.2 Å². The van der Waals surface area contributed by atoms with Gasteiger partial charge in [0.1, 0.15) is 18.9 Å². The molecule has 0 atom stereocenters. The first kappa shape index (κ1) is 15.7. The molecule has 1 heterocycles. The number of aryl methyl sites for hydroxylation is 1. The van der Waals surface area contributed by atoms with Gasteiger partial charge < -0.3 is 14.5 Å². The molecule has 1 aliphatic heterocycles. The van der Waals surface area contributed by atoms with E-state index in [2.05, 4.69) is 0 Å². The molecular weight excluding hydrogens is 288 g/mol. The minimum Gasteiger partial charge on any atom is -0.491 e. The predicted molar refractivity (Wildman–Crippen MR) is 83.3 cm³/mol. The van der Waals surface area contributed by atoms with Crippen molar-refractivity contribution in [2.45, 2.75) is 6.92 Å². The number of thioether (sulfide) groups is 1. The Morgan fingerprint density at radius 3 is 2.86 bits per heavy atom. The highest BCUT2D eigenvalue weighted by molar-refractivity contribution is 8.00. The number of likely N-dealkylation sites (N-methyl/N-ethyl adjacent to an activating group) is 1. The number of nitrogens with zero attached hydrogens (tertiary/aromatic N) is 2. The average molecular weight is 308 g/mol. The van der Waals surface area contributed by atoms with Crippen LogP contribution in [0.2, 0.25) is 0 Å². The fourth-order valence-corrected chi connectivity index (χ4v) is 2.86. The van der Waals surface area contributed by atoms with Crippen LogP contribution >= 0.6 is 11.8 Å². The van der Waals surface area contributed by atoms with Gasteiger partial charge in [-0.2, -0.15) is 0 Å². The maximum absolute atomic E-state index is 12.0. The number of benzene rings is 1. The number of hydrogen-bond donors (Lipinski definition) is 0. The van der Waals surface area contributed by atoms with Gasteiger partial charge in [0.2, 0.25) is 11.8 Å². The zero-order chi connectivity index (χ0) is 15.2. The summed E-state index contributed by atoms with van der Waals surface area (Å²) < 4.78 is 5.67. The number of rotatable bonds is 6. The Bertz CT molecular complexity index is 521. The van der Waals surface area contributed by atoms with Crippen LogP contribution in [0.15, 0.2) is 24.3 Å². The number of carbonyl (C=O) groups is 2. The highest BCUT2D eigenvalue weighted by Gasteiger charge is 2.24. The van der Waals surface area contributed by atoms with E-state index in [0.29, 0.717) is 24.8 Å². The molecule has 0 aromatic heterocycles. The van der Waals surface area contributed by atoms with Gasteiger partial charge in [0.05, 0.1) is 18.2 Å². The third-order valence-corrected chi connectivity index (χ3v) is 4.30. The second-order valence-corrected chi connectivity index (χ2v) is 5.95. The molecule has 0 aliphatic carbocycles. The fraction of sp³-hybridized carbons (Fsp3) is 0.467. The summed E-state index contributed by atoms with van der Waals surface area (Å²) in [6.45, 7) is 3.09. The van der Waals surface area contributed by atoms with Gasteiger partial charge in [0.25, 0.3) is 0 Å². The molecule has 2 rings (SSSR count). The molecular formula is C15H20N2O3S. The van der Waals surface area contributed by atoms with E-state index in [1.165, 1.54) is 0 Å². The number of carbonyl (C=O) groups excluding carboxylic acids is 2. The summed E-state index contributed by atoms with van der Waals surface area (Å²) in [6, 6.07) is 7.79. The highest BCUT2D eigenvalue weighted by Crippen LogP contribution is 2.16. The molecule has 1 fully saturated rings. The monoisotopic (exact) mass is 308 g/mol. The Labute approximate surface area is 129 Å². The van der Waals surface area contributed by atoms with Crippen molar-refractivity contribution < 1.29 is 14.3 Å². The predicted octanol–water partition coefficient (Wildman–Crippen LogP) is 1.37. The van der Waals surface area contributed by atoms with Crippen molar-refractivity contribution in [1.29, 1.82) is 0 Å². The Morgan fingerprint density at radius 2 is 2.19 bits per heavy atom. The van der Waals surface area contributed by atoms with Crippen LogP contribution in [0.5, 0.6) is 5.75 Å². The first-order chi connectivity index (χ1) is 10.1. The third kappa shape index (κ3) is 4.39. The molecule has 1 aromatic rings. The van der Waals surface area contributed by atoms with Crippen LogP contribution in [0.4, 0.5) is 0 Å². The molecule has 2 amide bonds. The van der Waals surface area contributed by atoms with E-state index in [-0.39, 0.29) is 18.4 Å². The topological polar surface area (TPSA) is 49.9 Å². The lowest BCUT2D eigenvalue weighted by Gasteiger charge is -2.21. The summed E-state index contributed by atoms with van der Waals surface area (Å²) in [5.74, 6) is 1.91. The maximum Gasteiger partial charge on any atom is 0.242 e. The molecule has 0 saturated carbocycles. The van der Waals surface area contributed by atoms with Crippen molar-refractivity contribution in [3.05, 3.63) is 29.8 Å². The lowest BCUT2D eigenvalue weighted by molar-refractivity contribution is -0.137. The normalized spacial score (nSPS) is 14.4. The van der Waals surface area contributed by atoms with Crippen LogP contribution in [0.25, 0.3) is 0 Å². The summed E-state index contributed by atoms with van der Waals surface area (Å²) in [6.07, 6.45) is 0. The standard InChI is InChI=1S/C15H20N2O3S/c1-12-5-3-4-6-13(12)20-8-7-16(2)14(18)9-17-11-21-10-15(17)19/h3-6H,7-11H2,1-2H3. The SMILES string of the molecule is Cc1ccccc1OCCN(C)C(=O)CN1CSCC1=O. The molecule has 0 bridgehead atoms. The maximum atomic E-state index is 12.0. The Kier molecular flexibility index (Phi) is 5.50. The molecule has 0 unspecified atom stereocenters. The van der Waals surface area contributed by atoms with E-state index in [1.54, 1.807) is 28.6 Å². The third-order valence-electron chi connectivity index (χ3n) is 3.36. The van der Waals surface area contributed by atoms with Crippen molar-refractivity contribution in [3.63, 3.8) is 0 Å². The van der Waals surface area contributed by atoms with Gasteiger partial charge in [0, 0.05) is 7.05 Å². The number of ether oxygens (including phenoxy) is 1. The Morgan fingerprint density at radius 1 is 1.43 bits per heavy atom. The van der Waals surface area contributed by atoms with Crippen LogP contribution in [0.1, 0.15) is 5.56 Å². The smallest absolute Gasteiger partial charge is 0.242 e. The van der Waals surface area contributed by atoms with E-state index >= 15 is 0 Å². The van der Waals surface area contributed by atoms with Gasteiger partial charge in [-0.05, 0) is 18.6 Å². The second kappa shape index (κ2) is 7.36. The summed E-state index contributed by atoms with van der Waals surface area (Å²) in [7, 11) is 1.73. The van der Waals surface area contributed by atoms with E-state index in [0.717, 1.165) is 11.3 Å². The molecule has 0 spiro atoms. The average Bonchev–Trinajstić information content (AvgIpc) is 2.86. The first-order valence-corrected chi connectivity index (χ1v) is 8.01. The summed E-state index contributed by atoms with van der Waals surface area (Å²) in [5, 5.41) is 0. The minimum absolute atomic E-state index is 0.0397. The minimum atomic E-state index is -0.0563. The fourth-order valence-electron chi connectivity index (χ4n) is 1.96. The van der Waals surface area contributed by atoms with E-state index in [4.69, 9.17) is 4.74 Å². The zero-order valence-electron chi connectivity index (χ0n) is 12.4. The van der Waals surface area contributed by atoms with Gasteiger partial charge in [-0.25, -0.2) is 0 Å². The highest BCUT2D eigenvalue weighted by atomic mass is 32.2. The van der Waals surface area contributed by atoms with Crippen molar-refractivity contribution >= 4 is 23.6 Å². The van der Waals surface area contributed by atoms with Crippen LogP contribution in [-0.2, 0) is 9.59 Å². The molecule has 1 aromatic carbocycles. The van der Waals surface area contributed by atoms with Crippen LogP contribution in [-0.4, -0.2) is 60.0 Å². The quantitative estimate of drug-likeness (QED) is 0.796. The van der Waals surface area contributed by atoms with Crippen molar-refractivity contribution in [1.82, 2.24) is 9.80 Å². The molecule has 6 heteroatoms. The van der Waals surface area contributed by atoms with Crippen LogP contribution < -0.4 is 4.74 Å². The second-order valence-electron chi connectivity index (χ2n) is 5.00. The van der Waals surface area contributed by atoms with E-state index < -0.39 is 0 Å². The molecule has 21 heavy (non-hydrogen) atoms. The molecule has 1 saturated heterocycles. The lowest BCUT2D eigenvalue weighted by Crippen LogP contribution is -2.40. The van der Waals surface area contributed by atoms with Gasteiger partial charge in [0.15, 0.2) is 0 Å². The summed E-state index contributed by atoms with van der Waals surface area (Å²) in [5.41, 5.74) is 1.08. The van der Waals surface area contributed by atoms with Gasteiger partial charge in [-0.3, -0.25) is 9.59 Å². The molecule has 0 radical (unpaired) electrons. The number of amides is 2. The van der Waals surface area contributed by atoms with Crippen LogP contribution in [0, 0.1) is 6.92 Å². The number of hydrogen-bond acceptors (Lipinski definition) is 4. The molecule has 0 N–H and O–H groups in total. The van der Waals surface area contributed by atoms with Gasteiger partial charge in [-0.15, -0.1) is 11.8 Å². The molecule has 1 aliphatic rings. The van der Waals surface area contributed by atoms with E-state index in [1.807, 2.05) is 31.2 Å². The van der Waals surface area contributed by atoms with Crippen molar-refractivity contribution in [3.8, 4) is 5.75 Å². The van der Waals surface area contributed by atoms with Gasteiger partial charge >= 0.3 is 0 Å². The number of para-hydroxylation sites is 1. The van der Waals surface area contributed by atoms with Crippen molar-refractivity contribution in [2.24, 2.45) is 0 Å². The Hall–Kier alpha value is -1.69. The van der Waals surface area contributed by atoms with E-state index in [9.17, 15) is 9.59 Å². The lowest BCUT2D eigenvalue weighted by atomic mass is 10.2. The Balaban J connectivity index is 1.74. The molecule has 114 valence electrons. The zero-order valence-corrected chi connectivity index (χ0v) is 13.2. The summed E-state index contributed by atoms with van der Waals surface area (Å²) in [4.78, 5) is 26.7. The molecule has 5 nitrogen and oxygen atoms in total. The van der Waals surface area contributed by atoms with Crippen LogP contribution in [0.3, 0.4) is 0 Å². The summed E-state index contributed by atoms with van der Waals surface area (Å²) >= 11 is 1.54.